The van der Waals surface area contributed by atoms with Gasteiger partial charge in [-0.05, 0) is 128 Å². The number of nitrogens with two attached hydrogens (primary N) is 1. The average Bonchev–Trinajstić information content (AvgIpc) is 3.25. The maximum Gasteiger partial charge on any atom is 0.142 e. The van der Waals surface area contributed by atoms with Crippen molar-refractivity contribution in [2.24, 2.45) is 0 Å². The van der Waals surface area contributed by atoms with Gasteiger partial charge in [0.05, 0.1) is 11.4 Å². The first-order valence-electron chi connectivity index (χ1n) is 20.9. The maximum atomic E-state index is 6.88. The lowest BCUT2D eigenvalue weighted by atomic mass is 9.70. The molecule has 0 aliphatic carbocycles. The molecule has 59 heavy (non-hydrogen) atoms. The van der Waals surface area contributed by atoms with Gasteiger partial charge in [0.1, 0.15) is 7.85 Å². The van der Waals surface area contributed by atoms with Crippen LogP contribution in [0.15, 0.2) is 170 Å². The summed E-state index contributed by atoms with van der Waals surface area (Å²) in [4.78, 5) is 2.58. The third kappa shape index (κ3) is 6.46. The highest BCUT2D eigenvalue weighted by molar-refractivity contribution is 6.41. The van der Waals surface area contributed by atoms with Gasteiger partial charge in [0.25, 0.3) is 0 Å². The molecule has 2 nitrogen and oxygen atoms in total. The Bertz CT molecular complexity index is 2880. The smallest absolute Gasteiger partial charge is 0.142 e. The van der Waals surface area contributed by atoms with Crippen LogP contribution in [0.3, 0.4) is 0 Å². The summed E-state index contributed by atoms with van der Waals surface area (Å²) in [5.74, 6) is 0.261. The summed E-state index contributed by atoms with van der Waals surface area (Å²) in [5.41, 5.74) is 30.4. The Hall–Kier alpha value is -6.58. The molecule has 2 N–H and O–H groups in total. The van der Waals surface area contributed by atoms with E-state index in [1.54, 1.807) is 0 Å². The van der Waals surface area contributed by atoms with Crippen molar-refractivity contribution < 1.29 is 0 Å². The summed E-state index contributed by atoms with van der Waals surface area (Å²) < 4.78 is 0. The van der Waals surface area contributed by atoms with Crippen LogP contribution >= 0.6 is 0 Å². The highest BCUT2D eigenvalue weighted by Crippen LogP contribution is 2.54. The van der Waals surface area contributed by atoms with E-state index >= 15 is 0 Å². The lowest BCUT2D eigenvalue weighted by molar-refractivity contribution is 0.645. The number of benzene rings is 8. The van der Waals surface area contributed by atoms with Crippen LogP contribution in [-0.2, 0) is 5.41 Å². The minimum absolute atomic E-state index is 0.261. The van der Waals surface area contributed by atoms with Crippen LogP contribution in [0.25, 0.3) is 55.6 Å². The van der Waals surface area contributed by atoms with Gasteiger partial charge >= 0.3 is 0 Å². The fourth-order valence-corrected chi connectivity index (χ4v) is 9.56. The first kappa shape index (κ1) is 38.0. The molecule has 2 bridgehead atoms. The molecule has 0 radical (unpaired) electrons. The normalized spacial score (nSPS) is 12.2. The van der Waals surface area contributed by atoms with Gasteiger partial charge in [-0.15, -0.1) is 0 Å². The molecule has 1 aliphatic heterocycles. The van der Waals surface area contributed by atoms with Crippen molar-refractivity contribution in [2.75, 3.05) is 10.6 Å². The first-order chi connectivity index (χ1) is 28.5. The minimum atomic E-state index is -0.441. The zero-order valence-corrected chi connectivity index (χ0v) is 35.3. The lowest BCUT2D eigenvalue weighted by Crippen LogP contribution is -2.26. The number of hydrogen-bond acceptors (Lipinski definition) is 2. The molecule has 0 fully saturated rings. The predicted molar refractivity (Wildman–Crippen MR) is 257 cm³/mol. The minimum Gasteiger partial charge on any atom is -0.398 e. The molecule has 0 amide bonds. The number of para-hydroxylation sites is 2. The molecule has 288 valence electrons. The Kier molecular flexibility index (Phi) is 9.64. The van der Waals surface area contributed by atoms with Crippen molar-refractivity contribution in [1.82, 2.24) is 0 Å². The van der Waals surface area contributed by atoms with Gasteiger partial charge < -0.3 is 10.6 Å². The van der Waals surface area contributed by atoms with Gasteiger partial charge in [0.2, 0.25) is 0 Å². The van der Waals surface area contributed by atoms with E-state index in [-0.39, 0.29) is 5.92 Å². The van der Waals surface area contributed by atoms with E-state index < -0.39 is 5.41 Å². The van der Waals surface area contributed by atoms with Crippen LogP contribution in [0.2, 0.25) is 0 Å². The van der Waals surface area contributed by atoms with Gasteiger partial charge in [-0.3, -0.25) is 0 Å². The van der Waals surface area contributed by atoms with Crippen LogP contribution < -0.4 is 16.1 Å². The molecule has 8 aromatic carbocycles. The van der Waals surface area contributed by atoms with Gasteiger partial charge in [0, 0.05) is 27.9 Å². The Labute approximate surface area is 351 Å². The van der Waals surface area contributed by atoms with E-state index in [1.807, 2.05) is 12.1 Å². The zero-order chi connectivity index (χ0) is 41.0. The molecule has 3 heteroatoms. The molecule has 0 saturated carbocycles. The first-order valence-corrected chi connectivity index (χ1v) is 20.9. The third-order valence-corrected chi connectivity index (χ3v) is 12.7. The van der Waals surface area contributed by atoms with Crippen molar-refractivity contribution in [3.05, 3.63) is 198 Å². The molecule has 9 rings (SSSR count). The van der Waals surface area contributed by atoms with E-state index in [0.29, 0.717) is 0 Å². The number of aryl methyl sites for hydroxylation is 2. The number of anilines is 4. The average molecular weight is 763 g/mol. The molecular formula is C56H51BN2. The van der Waals surface area contributed by atoms with Gasteiger partial charge in [-0.25, -0.2) is 0 Å². The van der Waals surface area contributed by atoms with Crippen molar-refractivity contribution >= 4 is 36.1 Å². The van der Waals surface area contributed by atoms with Gasteiger partial charge in [0.15, 0.2) is 0 Å². The van der Waals surface area contributed by atoms with Gasteiger partial charge in [-0.1, -0.05) is 167 Å². The Morgan fingerprint density at radius 3 is 1.76 bits per heavy atom. The summed E-state index contributed by atoms with van der Waals surface area (Å²) >= 11 is 0. The molecule has 8 aromatic rings. The van der Waals surface area contributed by atoms with E-state index in [2.05, 4.69) is 212 Å². The third-order valence-electron chi connectivity index (χ3n) is 12.7. The SMILES string of the molecule is Bc1c2cc(-c3ccccc3C)cc1N(c1ccccc1-c1ccccc1)c1cc(C(C)C)c(-c3ccccc3C)cc1-c1c-2cccc1C(C)(C)c1ccccc1N. The van der Waals surface area contributed by atoms with Crippen molar-refractivity contribution in [3.8, 4) is 55.6 Å². The van der Waals surface area contributed by atoms with Crippen molar-refractivity contribution in [3.63, 3.8) is 0 Å². The fourth-order valence-electron chi connectivity index (χ4n) is 9.56. The largest absolute Gasteiger partial charge is 0.398 e. The van der Waals surface area contributed by atoms with Crippen LogP contribution in [0, 0.1) is 13.8 Å². The summed E-state index contributed by atoms with van der Waals surface area (Å²) in [6.07, 6.45) is 0. The van der Waals surface area contributed by atoms with E-state index in [4.69, 9.17) is 5.73 Å². The van der Waals surface area contributed by atoms with Crippen LogP contribution in [0.1, 0.15) is 61.4 Å². The Balaban J connectivity index is 1.50. The maximum absolute atomic E-state index is 6.88. The van der Waals surface area contributed by atoms with E-state index in [9.17, 15) is 0 Å². The highest BCUT2D eigenvalue weighted by Gasteiger charge is 2.35. The second-order valence-corrected chi connectivity index (χ2v) is 17.1. The molecule has 1 heterocycles. The quantitative estimate of drug-likeness (QED) is 0.129. The Morgan fingerprint density at radius 1 is 0.475 bits per heavy atom. The summed E-state index contributed by atoms with van der Waals surface area (Å²) in [7, 11) is 2.32. The molecule has 0 atom stereocenters. The lowest BCUT2D eigenvalue weighted by Gasteiger charge is -2.38. The standard InChI is InChI=1S/C56H51BN2/c1-35(2)44-34-52-47(33-45(44)41-24-13-11-20-37(41)4)54-43(26-18-28-49(54)56(5,6)48-27-15-16-29-50(48)58)46-31-39(40-23-12-10-19-36(40)3)32-53(55(46)57)59(52)51-30-17-14-25-42(51)38-21-8-7-9-22-38/h7-35H,57-58H2,1-6H3. The molecular weight excluding hydrogens is 711 g/mol. The fraction of sp³-hybridized carbons (Fsp3) is 0.143. The van der Waals surface area contributed by atoms with E-state index in [0.717, 1.165) is 22.6 Å². The topological polar surface area (TPSA) is 29.3 Å². The molecule has 0 spiro atoms. The number of fused-ring (bicyclic) bond motifs is 6. The Morgan fingerprint density at radius 2 is 1.07 bits per heavy atom. The molecule has 1 aliphatic rings. The van der Waals surface area contributed by atoms with Crippen LogP contribution in [0.4, 0.5) is 22.7 Å². The number of rotatable bonds is 7. The zero-order valence-electron chi connectivity index (χ0n) is 35.3. The summed E-state index contributed by atoms with van der Waals surface area (Å²) in [5, 5.41) is 0. The van der Waals surface area contributed by atoms with E-state index in [1.165, 1.54) is 89.0 Å². The second kappa shape index (κ2) is 15.0. The number of nitrogens with zero attached hydrogens (tertiary/aromatic N) is 1. The predicted octanol–water partition coefficient (Wildman–Crippen LogP) is 13.7. The van der Waals surface area contributed by atoms with Gasteiger partial charge in [-0.2, -0.15) is 0 Å². The van der Waals surface area contributed by atoms with Crippen molar-refractivity contribution in [1.29, 1.82) is 0 Å². The monoisotopic (exact) mass is 762 g/mol. The summed E-state index contributed by atoms with van der Waals surface area (Å²) in [6, 6.07) is 62.6. The second-order valence-electron chi connectivity index (χ2n) is 17.1. The molecule has 0 aromatic heterocycles. The number of hydrogen-bond donors (Lipinski definition) is 1. The number of nitrogen functional groups attached to an aromatic ring is 1. The highest BCUT2D eigenvalue weighted by atomic mass is 15.2. The van der Waals surface area contributed by atoms with Crippen molar-refractivity contribution in [2.45, 2.75) is 52.9 Å². The van der Waals surface area contributed by atoms with Crippen LogP contribution in [0.5, 0.6) is 0 Å². The summed E-state index contributed by atoms with van der Waals surface area (Å²) in [6.45, 7) is 13.8. The molecule has 0 unspecified atom stereocenters. The van der Waals surface area contributed by atoms with Crippen LogP contribution in [-0.4, -0.2) is 7.85 Å². The molecule has 0 saturated heterocycles.